The van der Waals surface area contributed by atoms with Crippen LogP contribution in [0.1, 0.15) is 40.0 Å². The summed E-state index contributed by atoms with van der Waals surface area (Å²) < 4.78 is 11.2. The van der Waals surface area contributed by atoms with E-state index in [4.69, 9.17) is 9.47 Å². The van der Waals surface area contributed by atoms with Crippen LogP contribution in [-0.4, -0.2) is 55.5 Å². The summed E-state index contributed by atoms with van der Waals surface area (Å²) in [4.78, 5) is 14.6. The molecular weight excluding hydrogens is 256 g/mol. The third-order valence-corrected chi connectivity index (χ3v) is 4.46. The molecule has 0 radical (unpaired) electrons. The molecule has 3 unspecified atom stereocenters. The second-order valence-corrected chi connectivity index (χ2v) is 6.35. The van der Waals surface area contributed by atoms with Crippen molar-refractivity contribution >= 4 is 5.91 Å². The molecule has 2 aliphatic rings. The minimum atomic E-state index is -0.328. The standard InChI is InChI=1S/C15H28N2O3/c1-5-6-12-14(18)17(13(16-12)11(2)3)9-15(19-4)7-8-20-10-15/h11-13,16H,5-10H2,1-4H3. The molecular formula is C15H28N2O3. The van der Waals surface area contributed by atoms with Gasteiger partial charge in [-0.25, -0.2) is 0 Å². The number of carbonyl (C=O) groups excluding carboxylic acids is 1. The Morgan fingerprint density at radius 2 is 2.30 bits per heavy atom. The van der Waals surface area contributed by atoms with E-state index in [9.17, 15) is 4.79 Å². The summed E-state index contributed by atoms with van der Waals surface area (Å²) in [5, 5.41) is 3.49. The van der Waals surface area contributed by atoms with E-state index in [1.54, 1.807) is 7.11 Å². The lowest BCUT2D eigenvalue weighted by Gasteiger charge is -2.35. The molecule has 5 nitrogen and oxygen atoms in total. The normalized spacial score (nSPS) is 34.5. The predicted molar refractivity (Wildman–Crippen MR) is 77.3 cm³/mol. The van der Waals surface area contributed by atoms with Crippen molar-refractivity contribution in [1.29, 1.82) is 0 Å². The van der Waals surface area contributed by atoms with Crippen LogP contribution in [0, 0.1) is 5.92 Å². The Labute approximate surface area is 122 Å². The van der Waals surface area contributed by atoms with Gasteiger partial charge < -0.3 is 14.4 Å². The highest BCUT2D eigenvalue weighted by molar-refractivity contribution is 5.84. The van der Waals surface area contributed by atoms with Crippen molar-refractivity contribution in [3.05, 3.63) is 0 Å². The maximum absolute atomic E-state index is 12.6. The topological polar surface area (TPSA) is 50.8 Å². The highest BCUT2D eigenvalue weighted by Crippen LogP contribution is 2.28. The van der Waals surface area contributed by atoms with E-state index < -0.39 is 0 Å². The molecule has 0 aromatic carbocycles. The number of rotatable bonds is 6. The Balaban J connectivity index is 2.12. The molecule has 0 aliphatic carbocycles. The van der Waals surface area contributed by atoms with Crippen LogP contribution in [0.2, 0.25) is 0 Å². The summed E-state index contributed by atoms with van der Waals surface area (Å²) in [6.45, 7) is 8.33. The van der Waals surface area contributed by atoms with Crippen LogP contribution in [-0.2, 0) is 14.3 Å². The van der Waals surface area contributed by atoms with Crippen LogP contribution < -0.4 is 5.32 Å². The molecule has 1 amide bonds. The number of hydrogen-bond donors (Lipinski definition) is 1. The van der Waals surface area contributed by atoms with Gasteiger partial charge in [0.05, 0.1) is 25.4 Å². The zero-order valence-electron chi connectivity index (χ0n) is 13.1. The first-order valence-electron chi connectivity index (χ1n) is 7.72. The molecule has 20 heavy (non-hydrogen) atoms. The molecule has 2 aliphatic heterocycles. The quantitative estimate of drug-likeness (QED) is 0.800. The van der Waals surface area contributed by atoms with Crippen LogP contribution in [0.3, 0.4) is 0 Å². The third kappa shape index (κ3) is 3.00. The van der Waals surface area contributed by atoms with Crippen molar-refractivity contribution < 1.29 is 14.3 Å². The largest absolute Gasteiger partial charge is 0.378 e. The van der Waals surface area contributed by atoms with Gasteiger partial charge in [-0.1, -0.05) is 27.2 Å². The second kappa shape index (κ2) is 6.41. The average Bonchev–Trinajstić information content (AvgIpc) is 3.00. The number of amides is 1. The van der Waals surface area contributed by atoms with Gasteiger partial charge >= 0.3 is 0 Å². The first-order chi connectivity index (χ1) is 9.53. The fraction of sp³-hybridized carbons (Fsp3) is 0.933. The minimum absolute atomic E-state index is 0.0383. The van der Waals surface area contributed by atoms with E-state index in [1.807, 2.05) is 4.90 Å². The Morgan fingerprint density at radius 3 is 2.80 bits per heavy atom. The summed E-state index contributed by atoms with van der Waals surface area (Å²) in [6.07, 6.45) is 2.87. The Morgan fingerprint density at radius 1 is 1.55 bits per heavy atom. The highest BCUT2D eigenvalue weighted by atomic mass is 16.5. The maximum Gasteiger partial charge on any atom is 0.241 e. The number of carbonyl (C=O) groups is 1. The Kier molecular flexibility index (Phi) is 5.04. The lowest BCUT2D eigenvalue weighted by Crippen LogP contribution is -2.51. The predicted octanol–water partition coefficient (Wildman–Crippen LogP) is 1.37. The summed E-state index contributed by atoms with van der Waals surface area (Å²) in [5.74, 6) is 0.603. The molecule has 1 N–H and O–H groups in total. The SMILES string of the molecule is CCCC1NC(C(C)C)N(CC2(OC)CCOC2)C1=O. The molecule has 3 atom stereocenters. The van der Waals surface area contributed by atoms with Gasteiger partial charge in [-0.05, 0) is 12.3 Å². The van der Waals surface area contributed by atoms with Crippen LogP contribution >= 0.6 is 0 Å². The van der Waals surface area contributed by atoms with Gasteiger partial charge in [-0.15, -0.1) is 0 Å². The van der Waals surface area contributed by atoms with Gasteiger partial charge in [0.25, 0.3) is 0 Å². The molecule has 116 valence electrons. The zero-order valence-corrected chi connectivity index (χ0v) is 13.1. The molecule has 0 spiro atoms. The minimum Gasteiger partial charge on any atom is -0.378 e. The van der Waals surface area contributed by atoms with Gasteiger partial charge in [0.15, 0.2) is 0 Å². The summed E-state index contributed by atoms with van der Waals surface area (Å²) in [5.41, 5.74) is -0.328. The lowest BCUT2D eigenvalue weighted by molar-refractivity contribution is -0.135. The first-order valence-corrected chi connectivity index (χ1v) is 7.72. The summed E-state index contributed by atoms with van der Waals surface area (Å²) in [7, 11) is 1.72. The molecule has 2 heterocycles. The first kappa shape index (κ1) is 15.7. The van der Waals surface area contributed by atoms with E-state index in [0.717, 1.165) is 19.3 Å². The van der Waals surface area contributed by atoms with Gasteiger partial charge in [0.2, 0.25) is 5.91 Å². The molecule has 5 heteroatoms. The molecule has 2 rings (SSSR count). The Hall–Kier alpha value is -0.650. The van der Waals surface area contributed by atoms with Crippen LogP contribution in [0.15, 0.2) is 0 Å². The molecule has 2 saturated heterocycles. The fourth-order valence-corrected chi connectivity index (χ4v) is 3.18. The summed E-state index contributed by atoms with van der Waals surface area (Å²) in [6, 6.07) is -0.0383. The van der Waals surface area contributed by atoms with E-state index in [1.165, 1.54) is 0 Å². The molecule has 0 aromatic rings. The van der Waals surface area contributed by atoms with Crippen molar-refractivity contribution in [2.24, 2.45) is 5.92 Å². The van der Waals surface area contributed by atoms with Crippen LogP contribution in [0.25, 0.3) is 0 Å². The van der Waals surface area contributed by atoms with E-state index >= 15 is 0 Å². The second-order valence-electron chi connectivity index (χ2n) is 6.35. The van der Waals surface area contributed by atoms with Crippen molar-refractivity contribution in [3.8, 4) is 0 Å². The van der Waals surface area contributed by atoms with Gasteiger partial charge in [-0.3, -0.25) is 10.1 Å². The highest BCUT2D eigenvalue weighted by Gasteiger charge is 2.45. The third-order valence-electron chi connectivity index (χ3n) is 4.46. The number of nitrogens with one attached hydrogen (secondary N) is 1. The molecule has 0 aromatic heterocycles. The molecule has 2 fully saturated rings. The van der Waals surface area contributed by atoms with Crippen LogP contribution in [0.4, 0.5) is 0 Å². The summed E-state index contributed by atoms with van der Waals surface area (Å²) >= 11 is 0. The van der Waals surface area contributed by atoms with E-state index in [2.05, 4.69) is 26.1 Å². The number of ether oxygens (including phenoxy) is 2. The molecule has 0 saturated carbocycles. The number of nitrogens with zero attached hydrogens (tertiary/aromatic N) is 1. The smallest absolute Gasteiger partial charge is 0.241 e. The molecule has 0 bridgehead atoms. The maximum atomic E-state index is 12.6. The van der Waals surface area contributed by atoms with Crippen molar-refractivity contribution in [3.63, 3.8) is 0 Å². The van der Waals surface area contributed by atoms with Crippen molar-refractivity contribution in [2.45, 2.75) is 57.8 Å². The van der Waals surface area contributed by atoms with Crippen molar-refractivity contribution in [2.75, 3.05) is 26.9 Å². The van der Waals surface area contributed by atoms with E-state index in [0.29, 0.717) is 25.7 Å². The fourth-order valence-electron chi connectivity index (χ4n) is 3.18. The number of hydrogen-bond acceptors (Lipinski definition) is 4. The Bertz CT molecular complexity index is 340. The average molecular weight is 284 g/mol. The van der Waals surface area contributed by atoms with Gasteiger partial charge in [0, 0.05) is 20.1 Å². The zero-order chi connectivity index (χ0) is 14.8. The van der Waals surface area contributed by atoms with Crippen molar-refractivity contribution in [1.82, 2.24) is 10.2 Å². The monoisotopic (exact) mass is 284 g/mol. The van der Waals surface area contributed by atoms with E-state index in [-0.39, 0.29) is 23.7 Å². The number of methoxy groups -OCH3 is 1. The van der Waals surface area contributed by atoms with Gasteiger partial charge in [0.1, 0.15) is 5.60 Å². The van der Waals surface area contributed by atoms with Gasteiger partial charge in [-0.2, -0.15) is 0 Å². The van der Waals surface area contributed by atoms with Crippen LogP contribution in [0.5, 0.6) is 0 Å². The lowest BCUT2D eigenvalue weighted by atomic mass is 10.0.